The van der Waals surface area contributed by atoms with Crippen LogP contribution >= 0.6 is 12.4 Å². The minimum absolute atomic E-state index is 0. The molecule has 4 nitrogen and oxygen atoms in total. The lowest BCUT2D eigenvalue weighted by Gasteiger charge is -2.10. The monoisotopic (exact) mass is 272 g/mol. The summed E-state index contributed by atoms with van der Waals surface area (Å²) >= 11 is 0. The standard InChI is InChI=1S/C13H20N2O2.ClH/c1-15(2)13(16)8-5-11-3-6-12(7-4-11)17-10-9-14;/h3-4,6-7H,5,8-10,14H2,1-2H3;1H. The van der Waals surface area contributed by atoms with Crippen LogP contribution in [0.5, 0.6) is 5.75 Å². The van der Waals surface area contributed by atoms with E-state index in [4.69, 9.17) is 10.5 Å². The molecule has 1 aromatic rings. The molecule has 0 aromatic heterocycles. The number of benzene rings is 1. The molecule has 0 saturated heterocycles. The van der Waals surface area contributed by atoms with E-state index in [0.717, 1.165) is 17.7 Å². The van der Waals surface area contributed by atoms with Gasteiger partial charge in [-0.1, -0.05) is 12.1 Å². The minimum Gasteiger partial charge on any atom is -0.492 e. The Balaban J connectivity index is 0.00000289. The summed E-state index contributed by atoms with van der Waals surface area (Å²) in [4.78, 5) is 13.0. The highest BCUT2D eigenvalue weighted by Gasteiger charge is 2.04. The minimum atomic E-state index is 0. The van der Waals surface area contributed by atoms with Crippen LogP contribution in [0.3, 0.4) is 0 Å². The Morgan fingerprint density at radius 3 is 2.39 bits per heavy atom. The maximum absolute atomic E-state index is 11.4. The van der Waals surface area contributed by atoms with Gasteiger partial charge in [-0.05, 0) is 24.1 Å². The first-order valence-electron chi connectivity index (χ1n) is 5.75. The Hall–Kier alpha value is -1.26. The number of hydrogen-bond acceptors (Lipinski definition) is 3. The Labute approximate surface area is 115 Å². The number of carbonyl (C=O) groups excluding carboxylic acids is 1. The second-order valence-electron chi connectivity index (χ2n) is 4.07. The van der Waals surface area contributed by atoms with Crippen LogP contribution in [0.15, 0.2) is 24.3 Å². The molecular weight excluding hydrogens is 252 g/mol. The smallest absolute Gasteiger partial charge is 0.222 e. The molecular formula is C13H21ClN2O2. The number of rotatable bonds is 6. The lowest BCUT2D eigenvalue weighted by atomic mass is 10.1. The predicted octanol–water partition coefficient (Wildman–Crippen LogP) is 1.47. The molecule has 1 aromatic carbocycles. The van der Waals surface area contributed by atoms with Gasteiger partial charge in [0, 0.05) is 27.1 Å². The van der Waals surface area contributed by atoms with Gasteiger partial charge in [0.1, 0.15) is 12.4 Å². The summed E-state index contributed by atoms with van der Waals surface area (Å²) in [7, 11) is 3.54. The summed E-state index contributed by atoms with van der Waals surface area (Å²) in [5.41, 5.74) is 6.49. The largest absolute Gasteiger partial charge is 0.492 e. The van der Waals surface area contributed by atoms with Crippen molar-refractivity contribution in [2.75, 3.05) is 27.2 Å². The van der Waals surface area contributed by atoms with Gasteiger partial charge in [-0.3, -0.25) is 4.79 Å². The number of nitrogens with zero attached hydrogens (tertiary/aromatic N) is 1. The lowest BCUT2D eigenvalue weighted by Crippen LogP contribution is -2.21. The molecule has 0 saturated carbocycles. The normalized spacial score (nSPS) is 9.50. The molecule has 0 atom stereocenters. The van der Waals surface area contributed by atoms with E-state index in [1.165, 1.54) is 0 Å². The summed E-state index contributed by atoms with van der Waals surface area (Å²) in [6, 6.07) is 7.78. The van der Waals surface area contributed by atoms with Crippen molar-refractivity contribution in [2.24, 2.45) is 5.73 Å². The Bertz CT molecular complexity index is 353. The quantitative estimate of drug-likeness (QED) is 0.853. The van der Waals surface area contributed by atoms with Gasteiger partial charge in [-0.25, -0.2) is 0 Å². The molecule has 0 aliphatic rings. The van der Waals surface area contributed by atoms with Crippen LogP contribution in [0, 0.1) is 0 Å². The molecule has 0 fully saturated rings. The van der Waals surface area contributed by atoms with Crippen LogP contribution in [-0.2, 0) is 11.2 Å². The van der Waals surface area contributed by atoms with Crippen molar-refractivity contribution in [1.82, 2.24) is 4.90 Å². The van der Waals surface area contributed by atoms with Gasteiger partial charge in [0.2, 0.25) is 5.91 Å². The highest BCUT2D eigenvalue weighted by atomic mass is 35.5. The third-order valence-electron chi connectivity index (χ3n) is 2.44. The van der Waals surface area contributed by atoms with Crippen molar-refractivity contribution in [3.8, 4) is 5.75 Å². The Kier molecular flexibility index (Phi) is 8.16. The molecule has 0 spiro atoms. The van der Waals surface area contributed by atoms with Crippen molar-refractivity contribution >= 4 is 18.3 Å². The van der Waals surface area contributed by atoms with Gasteiger partial charge >= 0.3 is 0 Å². The van der Waals surface area contributed by atoms with Crippen molar-refractivity contribution in [3.05, 3.63) is 29.8 Å². The summed E-state index contributed by atoms with van der Waals surface area (Å²) in [5, 5.41) is 0. The molecule has 0 unspecified atom stereocenters. The molecule has 2 N–H and O–H groups in total. The highest BCUT2D eigenvalue weighted by Crippen LogP contribution is 2.13. The number of carbonyl (C=O) groups is 1. The van der Waals surface area contributed by atoms with E-state index in [1.54, 1.807) is 19.0 Å². The van der Waals surface area contributed by atoms with Gasteiger partial charge in [-0.2, -0.15) is 0 Å². The van der Waals surface area contributed by atoms with E-state index in [0.29, 0.717) is 19.6 Å². The topological polar surface area (TPSA) is 55.6 Å². The van der Waals surface area contributed by atoms with Crippen molar-refractivity contribution in [1.29, 1.82) is 0 Å². The fourth-order valence-electron chi connectivity index (χ4n) is 1.40. The number of halogens is 1. The van der Waals surface area contributed by atoms with Crippen LogP contribution in [0.4, 0.5) is 0 Å². The number of ether oxygens (including phenoxy) is 1. The van der Waals surface area contributed by atoms with Crippen LogP contribution in [-0.4, -0.2) is 38.1 Å². The maximum Gasteiger partial charge on any atom is 0.222 e. The van der Waals surface area contributed by atoms with E-state index in [1.807, 2.05) is 24.3 Å². The maximum atomic E-state index is 11.4. The third-order valence-corrected chi connectivity index (χ3v) is 2.44. The van der Waals surface area contributed by atoms with Crippen LogP contribution in [0.2, 0.25) is 0 Å². The van der Waals surface area contributed by atoms with Crippen LogP contribution in [0.1, 0.15) is 12.0 Å². The molecule has 18 heavy (non-hydrogen) atoms. The average molecular weight is 273 g/mol. The second kappa shape index (κ2) is 8.78. The fraction of sp³-hybridized carbons (Fsp3) is 0.462. The van der Waals surface area contributed by atoms with E-state index in [2.05, 4.69) is 0 Å². The second-order valence-corrected chi connectivity index (χ2v) is 4.07. The number of hydrogen-bond donors (Lipinski definition) is 1. The zero-order valence-corrected chi connectivity index (χ0v) is 11.7. The summed E-state index contributed by atoms with van der Waals surface area (Å²) in [6.45, 7) is 1.04. The Morgan fingerprint density at radius 2 is 1.89 bits per heavy atom. The summed E-state index contributed by atoms with van der Waals surface area (Å²) in [5.74, 6) is 0.964. The molecule has 0 radical (unpaired) electrons. The van der Waals surface area contributed by atoms with E-state index >= 15 is 0 Å². The van der Waals surface area contributed by atoms with E-state index in [9.17, 15) is 4.79 Å². The molecule has 0 heterocycles. The molecule has 0 aliphatic heterocycles. The van der Waals surface area contributed by atoms with Crippen molar-refractivity contribution in [3.63, 3.8) is 0 Å². The number of nitrogens with two attached hydrogens (primary N) is 1. The van der Waals surface area contributed by atoms with Crippen LogP contribution < -0.4 is 10.5 Å². The van der Waals surface area contributed by atoms with Gasteiger partial charge in [-0.15, -0.1) is 12.4 Å². The average Bonchev–Trinajstić information content (AvgIpc) is 2.34. The SMILES string of the molecule is CN(C)C(=O)CCc1ccc(OCCN)cc1.Cl. The molecule has 0 bridgehead atoms. The first-order valence-corrected chi connectivity index (χ1v) is 5.75. The lowest BCUT2D eigenvalue weighted by molar-refractivity contribution is -0.128. The summed E-state index contributed by atoms with van der Waals surface area (Å²) in [6.07, 6.45) is 1.30. The summed E-state index contributed by atoms with van der Waals surface area (Å²) < 4.78 is 5.37. The van der Waals surface area contributed by atoms with Gasteiger partial charge in [0.15, 0.2) is 0 Å². The van der Waals surface area contributed by atoms with E-state index in [-0.39, 0.29) is 18.3 Å². The third kappa shape index (κ3) is 5.89. The van der Waals surface area contributed by atoms with Gasteiger partial charge in [0.05, 0.1) is 0 Å². The number of aryl methyl sites for hydroxylation is 1. The van der Waals surface area contributed by atoms with Crippen LogP contribution in [0.25, 0.3) is 0 Å². The zero-order valence-electron chi connectivity index (χ0n) is 10.9. The highest BCUT2D eigenvalue weighted by molar-refractivity contribution is 5.85. The Morgan fingerprint density at radius 1 is 1.28 bits per heavy atom. The molecule has 102 valence electrons. The predicted molar refractivity (Wildman–Crippen MR) is 75.3 cm³/mol. The molecule has 1 rings (SSSR count). The number of amides is 1. The molecule has 0 aliphatic carbocycles. The first kappa shape index (κ1) is 16.7. The van der Waals surface area contributed by atoms with E-state index < -0.39 is 0 Å². The molecule has 1 amide bonds. The van der Waals surface area contributed by atoms with Gasteiger partial charge in [0.25, 0.3) is 0 Å². The first-order chi connectivity index (χ1) is 8.13. The van der Waals surface area contributed by atoms with Crippen molar-refractivity contribution in [2.45, 2.75) is 12.8 Å². The van der Waals surface area contributed by atoms with Gasteiger partial charge < -0.3 is 15.4 Å². The van der Waals surface area contributed by atoms with Crippen molar-refractivity contribution < 1.29 is 9.53 Å². The molecule has 5 heteroatoms. The fourth-order valence-corrected chi connectivity index (χ4v) is 1.40. The zero-order chi connectivity index (χ0) is 12.7.